The first kappa shape index (κ1) is 25.0. The zero-order chi connectivity index (χ0) is 25.8. The molecule has 37 heavy (non-hydrogen) atoms. The topological polar surface area (TPSA) is 95.3 Å². The number of hydrogen-bond donors (Lipinski definition) is 1. The Hall–Kier alpha value is -3.66. The number of aromatic nitrogens is 3. The minimum Gasteiger partial charge on any atom is -0.378 e. The largest absolute Gasteiger partial charge is 0.378 e. The van der Waals surface area contributed by atoms with Crippen LogP contribution in [0.2, 0.25) is 0 Å². The number of likely N-dealkylation sites (N-methyl/N-ethyl adjacent to an activating group) is 1. The second kappa shape index (κ2) is 11.2. The van der Waals surface area contributed by atoms with Gasteiger partial charge in [-0.25, -0.2) is 4.98 Å². The van der Waals surface area contributed by atoms with Gasteiger partial charge >= 0.3 is 0 Å². The van der Waals surface area contributed by atoms with E-state index in [2.05, 4.69) is 39.5 Å². The molecule has 0 bridgehead atoms. The third-order valence-electron chi connectivity index (χ3n) is 7.12. The Balaban J connectivity index is 1.27. The lowest BCUT2D eigenvalue weighted by atomic mass is 10.0. The molecule has 1 aliphatic carbocycles. The van der Waals surface area contributed by atoms with E-state index in [-0.39, 0.29) is 30.4 Å². The van der Waals surface area contributed by atoms with Crippen molar-refractivity contribution >= 4 is 23.3 Å². The molecule has 2 fully saturated rings. The Bertz CT molecular complexity index is 1230. The second-order valence-corrected chi connectivity index (χ2v) is 9.82. The average molecular weight is 506 g/mol. The zero-order valence-corrected chi connectivity index (χ0v) is 21.5. The fourth-order valence-electron chi connectivity index (χ4n) is 5.04. The molecule has 4 heterocycles. The van der Waals surface area contributed by atoms with Crippen LogP contribution in [0.4, 0.5) is 5.82 Å². The zero-order valence-electron chi connectivity index (χ0n) is 21.5. The number of carbonyl (C=O) groups excluding carboxylic acids is 2. The van der Waals surface area contributed by atoms with Crippen molar-refractivity contribution in [2.24, 2.45) is 0 Å². The fourth-order valence-corrected chi connectivity index (χ4v) is 5.04. The number of fused-ring (bicyclic) bond motifs is 1. The summed E-state index contributed by atoms with van der Waals surface area (Å²) < 4.78 is 7.51. The molecule has 2 aliphatic heterocycles. The van der Waals surface area contributed by atoms with E-state index >= 15 is 0 Å². The summed E-state index contributed by atoms with van der Waals surface area (Å²) in [4.78, 5) is 40.8. The van der Waals surface area contributed by atoms with E-state index in [0.717, 1.165) is 42.1 Å². The molecule has 3 aliphatic rings. The maximum Gasteiger partial charge on any atom is 0.251 e. The number of ether oxygens (including phenoxy) is 1. The molecule has 196 valence electrons. The van der Waals surface area contributed by atoms with Crippen LogP contribution in [-0.2, 0) is 14.3 Å². The smallest absolute Gasteiger partial charge is 0.251 e. The minimum atomic E-state index is -0.317. The van der Waals surface area contributed by atoms with E-state index in [9.17, 15) is 9.59 Å². The molecule has 2 aromatic rings. The van der Waals surface area contributed by atoms with E-state index in [1.165, 1.54) is 0 Å². The molecule has 0 aromatic carbocycles. The number of hydrogen-bond acceptors (Lipinski definition) is 7. The number of carbonyl (C=O) groups is 2. The van der Waals surface area contributed by atoms with Crippen LogP contribution in [0.5, 0.6) is 0 Å². The highest BCUT2D eigenvalue weighted by molar-refractivity contribution is 5.82. The predicted molar refractivity (Wildman–Crippen MR) is 141 cm³/mol. The van der Waals surface area contributed by atoms with Gasteiger partial charge in [-0.2, -0.15) is 0 Å². The standard InChI is InChI=1S/C27H35N7O3/c1-31(2)21-7-3-6-20(9-10-21)25-26(34-14-11-28-18-23(34)30-25)29-19-24(35)32-12-5-13-33(16-15-32)27(36)22-8-4-17-37-22/h3,6-7,9-11,14,18,20,22,29H,4-5,8,12-13,15-17,19H2,1-2H3. The van der Waals surface area contributed by atoms with Gasteiger partial charge in [0.25, 0.3) is 5.91 Å². The molecule has 2 unspecified atom stereocenters. The van der Waals surface area contributed by atoms with Crippen LogP contribution < -0.4 is 5.32 Å². The molecular weight excluding hydrogens is 470 g/mol. The summed E-state index contributed by atoms with van der Waals surface area (Å²) in [6.07, 6.45) is 17.9. The molecule has 10 nitrogen and oxygen atoms in total. The van der Waals surface area contributed by atoms with Crippen LogP contribution in [0.3, 0.4) is 0 Å². The quantitative estimate of drug-likeness (QED) is 0.642. The van der Waals surface area contributed by atoms with Crippen molar-refractivity contribution in [1.82, 2.24) is 29.1 Å². The number of nitrogens with one attached hydrogen (secondary N) is 1. The molecule has 0 saturated carbocycles. The van der Waals surface area contributed by atoms with E-state index < -0.39 is 0 Å². The molecule has 2 atom stereocenters. The summed E-state index contributed by atoms with van der Waals surface area (Å²) in [5.74, 6) is 0.792. The monoisotopic (exact) mass is 505 g/mol. The fraction of sp³-hybridized carbons (Fsp3) is 0.481. The van der Waals surface area contributed by atoms with Crippen molar-refractivity contribution in [3.8, 4) is 0 Å². The molecule has 5 rings (SSSR count). The van der Waals surface area contributed by atoms with Crippen molar-refractivity contribution in [2.45, 2.75) is 31.3 Å². The van der Waals surface area contributed by atoms with Gasteiger partial charge in [-0.15, -0.1) is 0 Å². The van der Waals surface area contributed by atoms with Crippen molar-refractivity contribution < 1.29 is 14.3 Å². The van der Waals surface area contributed by atoms with Gasteiger partial charge in [0.1, 0.15) is 11.9 Å². The van der Waals surface area contributed by atoms with Crippen molar-refractivity contribution in [3.63, 3.8) is 0 Å². The Morgan fingerprint density at radius 3 is 2.78 bits per heavy atom. The Morgan fingerprint density at radius 1 is 1.14 bits per heavy atom. The van der Waals surface area contributed by atoms with E-state index in [0.29, 0.717) is 32.8 Å². The number of anilines is 1. The molecular formula is C27H35N7O3. The lowest BCUT2D eigenvalue weighted by Gasteiger charge is -2.24. The molecule has 1 N–H and O–H groups in total. The van der Waals surface area contributed by atoms with Crippen LogP contribution in [0.1, 0.15) is 30.9 Å². The van der Waals surface area contributed by atoms with Gasteiger partial charge in [0, 0.05) is 70.9 Å². The van der Waals surface area contributed by atoms with Crippen LogP contribution in [0, 0.1) is 0 Å². The number of nitrogens with zero attached hydrogens (tertiary/aromatic N) is 6. The van der Waals surface area contributed by atoms with Gasteiger partial charge in [0.2, 0.25) is 5.91 Å². The Labute approximate surface area is 217 Å². The maximum absolute atomic E-state index is 13.2. The maximum atomic E-state index is 13.2. The summed E-state index contributed by atoms with van der Waals surface area (Å²) in [6.45, 7) is 3.15. The Morgan fingerprint density at radius 2 is 1.97 bits per heavy atom. The van der Waals surface area contributed by atoms with E-state index in [1.807, 2.05) is 40.6 Å². The van der Waals surface area contributed by atoms with Crippen molar-refractivity contribution in [2.75, 3.05) is 58.7 Å². The highest BCUT2D eigenvalue weighted by Gasteiger charge is 2.30. The second-order valence-electron chi connectivity index (χ2n) is 9.82. The number of rotatable bonds is 6. The third kappa shape index (κ3) is 5.53. The average Bonchev–Trinajstić information content (AvgIpc) is 3.39. The van der Waals surface area contributed by atoms with Gasteiger partial charge in [-0.3, -0.25) is 19.0 Å². The van der Waals surface area contributed by atoms with Crippen LogP contribution in [0.15, 0.2) is 54.7 Å². The van der Waals surface area contributed by atoms with Gasteiger partial charge in [0.15, 0.2) is 5.65 Å². The van der Waals surface area contributed by atoms with Gasteiger partial charge in [-0.1, -0.05) is 18.2 Å². The highest BCUT2D eigenvalue weighted by atomic mass is 16.5. The van der Waals surface area contributed by atoms with Gasteiger partial charge in [-0.05, 0) is 31.4 Å². The van der Waals surface area contributed by atoms with Gasteiger partial charge in [0.05, 0.1) is 18.4 Å². The van der Waals surface area contributed by atoms with Crippen LogP contribution in [0.25, 0.3) is 5.65 Å². The molecule has 10 heteroatoms. The van der Waals surface area contributed by atoms with Crippen molar-refractivity contribution in [3.05, 3.63) is 60.4 Å². The number of amides is 2. The SMILES string of the molecule is CN(C)C1=CC=CC(c2nc3cnccn3c2NCC(=O)N2CCCN(C(=O)C3CCCO3)CC2)C=C1. The first-order chi connectivity index (χ1) is 18.0. The van der Waals surface area contributed by atoms with E-state index in [1.54, 1.807) is 12.4 Å². The summed E-state index contributed by atoms with van der Waals surface area (Å²) in [5.41, 5.74) is 2.66. The lowest BCUT2D eigenvalue weighted by Crippen LogP contribution is -2.42. The highest BCUT2D eigenvalue weighted by Crippen LogP contribution is 2.29. The summed E-state index contributed by atoms with van der Waals surface area (Å²) in [6, 6.07) is 0. The van der Waals surface area contributed by atoms with Gasteiger partial charge < -0.3 is 24.8 Å². The first-order valence-corrected chi connectivity index (χ1v) is 13.0. The lowest BCUT2D eigenvalue weighted by molar-refractivity contribution is -0.141. The number of imidazole rings is 1. The van der Waals surface area contributed by atoms with Crippen LogP contribution in [-0.4, -0.2) is 100 Å². The predicted octanol–water partition coefficient (Wildman–Crippen LogP) is 2.04. The molecule has 0 radical (unpaired) electrons. The molecule has 2 amide bonds. The third-order valence-corrected chi connectivity index (χ3v) is 7.12. The number of allylic oxidation sites excluding steroid dienone is 5. The summed E-state index contributed by atoms with van der Waals surface area (Å²) in [5, 5.41) is 3.37. The summed E-state index contributed by atoms with van der Waals surface area (Å²) in [7, 11) is 4.03. The minimum absolute atomic E-state index is 0.00452. The van der Waals surface area contributed by atoms with Crippen LogP contribution >= 0.6 is 0 Å². The van der Waals surface area contributed by atoms with Crippen molar-refractivity contribution in [1.29, 1.82) is 0 Å². The molecule has 2 aromatic heterocycles. The molecule has 0 spiro atoms. The molecule has 2 saturated heterocycles. The summed E-state index contributed by atoms with van der Waals surface area (Å²) >= 11 is 0. The normalized spacial score (nSPS) is 22.1. The van der Waals surface area contributed by atoms with E-state index in [4.69, 9.17) is 9.72 Å². The Kier molecular flexibility index (Phi) is 7.55. The first-order valence-electron chi connectivity index (χ1n) is 13.0.